The molecule has 0 saturated heterocycles. The number of hydrogen-bond acceptors (Lipinski definition) is 7. The summed E-state index contributed by atoms with van der Waals surface area (Å²) in [4.78, 5) is 27.9. The van der Waals surface area contributed by atoms with Crippen molar-refractivity contribution in [1.82, 2.24) is 0 Å². The third kappa shape index (κ3) is 4.83. The molecule has 0 aromatic heterocycles. The molecule has 3 aromatic carbocycles. The molecule has 44 heavy (non-hydrogen) atoms. The summed E-state index contributed by atoms with van der Waals surface area (Å²) in [6.45, 7) is 12.6. The molecule has 0 spiro atoms. The van der Waals surface area contributed by atoms with E-state index in [4.69, 9.17) is 13.9 Å². The Morgan fingerprint density at radius 3 is 2.02 bits per heavy atom. The van der Waals surface area contributed by atoms with E-state index in [9.17, 15) is 18.0 Å². The smallest absolute Gasteiger partial charge is 0.324 e. The molecule has 0 radical (unpaired) electrons. The SMILES string of the molecule is COC(=O)C1(C(=O)OC)[C@H](c2ccccc2)[C@H]2CN(S(=O)(=O)c3ccc(C)cc3)c3ccc(O[Si](C)(C)C(C)(C)C)cc3[C@H]21. The largest absolute Gasteiger partial charge is 0.543 e. The van der Waals surface area contributed by atoms with Crippen LogP contribution >= 0.6 is 0 Å². The molecule has 1 saturated carbocycles. The predicted molar refractivity (Wildman–Crippen MR) is 172 cm³/mol. The highest BCUT2D eigenvalue weighted by atomic mass is 32.2. The molecule has 0 unspecified atom stereocenters. The predicted octanol–water partition coefficient (Wildman–Crippen LogP) is 6.42. The summed E-state index contributed by atoms with van der Waals surface area (Å²) >= 11 is 0. The van der Waals surface area contributed by atoms with Gasteiger partial charge in [0.25, 0.3) is 10.0 Å². The lowest BCUT2D eigenvalue weighted by Gasteiger charge is -2.61. The second-order valence-corrected chi connectivity index (χ2v) is 19.9. The fourth-order valence-corrected chi connectivity index (χ4v) is 9.15. The Balaban J connectivity index is 1.77. The molecule has 1 heterocycles. The lowest BCUT2D eigenvalue weighted by molar-refractivity contribution is -0.188. The number of ether oxygens (including phenoxy) is 2. The van der Waals surface area contributed by atoms with Gasteiger partial charge >= 0.3 is 11.9 Å². The second kappa shape index (κ2) is 11.1. The Bertz CT molecular complexity index is 1660. The molecule has 1 aliphatic carbocycles. The van der Waals surface area contributed by atoms with E-state index in [-0.39, 0.29) is 16.5 Å². The molecule has 3 aromatic rings. The van der Waals surface area contributed by atoms with E-state index >= 15 is 0 Å². The zero-order chi connectivity index (χ0) is 32.2. The van der Waals surface area contributed by atoms with E-state index in [0.29, 0.717) is 17.0 Å². The van der Waals surface area contributed by atoms with E-state index in [1.807, 2.05) is 43.3 Å². The molecule has 0 N–H and O–H groups in total. The van der Waals surface area contributed by atoms with Crippen molar-refractivity contribution in [3.05, 3.63) is 89.5 Å². The van der Waals surface area contributed by atoms with Gasteiger partial charge < -0.3 is 13.9 Å². The molecule has 5 rings (SSSR count). The quantitative estimate of drug-likeness (QED) is 0.168. The number of anilines is 1. The summed E-state index contributed by atoms with van der Waals surface area (Å²) in [7, 11) is -3.79. The van der Waals surface area contributed by atoms with E-state index in [2.05, 4.69) is 33.9 Å². The van der Waals surface area contributed by atoms with Gasteiger partial charge in [0, 0.05) is 18.4 Å². The van der Waals surface area contributed by atoms with Gasteiger partial charge in [-0.15, -0.1) is 0 Å². The summed E-state index contributed by atoms with van der Waals surface area (Å²) in [5, 5.41) is -0.0943. The van der Waals surface area contributed by atoms with Crippen molar-refractivity contribution < 1.29 is 31.9 Å². The van der Waals surface area contributed by atoms with Crippen LogP contribution in [-0.2, 0) is 29.1 Å². The number of carbonyl (C=O) groups excluding carboxylic acids is 2. The number of sulfonamides is 1. The topological polar surface area (TPSA) is 99.2 Å². The molecule has 10 heteroatoms. The molecule has 1 fully saturated rings. The molecule has 3 atom stereocenters. The third-order valence-electron chi connectivity index (χ3n) is 9.81. The minimum atomic E-state index is -4.01. The van der Waals surface area contributed by atoms with Gasteiger partial charge in [0.1, 0.15) is 5.75 Å². The first kappa shape index (κ1) is 31.8. The van der Waals surface area contributed by atoms with E-state index in [1.54, 1.807) is 36.4 Å². The molecule has 8 nitrogen and oxygen atoms in total. The number of rotatable bonds is 7. The van der Waals surface area contributed by atoms with Gasteiger partial charge in [-0.3, -0.25) is 13.9 Å². The van der Waals surface area contributed by atoms with Crippen LogP contribution in [0.1, 0.15) is 49.3 Å². The van der Waals surface area contributed by atoms with Crippen molar-refractivity contribution in [2.24, 2.45) is 11.3 Å². The second-order valence-electron chi connectivity index (χ2n) is 13.3. The molecular formula is C34H41NO7SSi. The highest BCUT2D eigenvalue weighted by Gasteiger charge is 2.74. The molecule has 0 amide bonds. The highest BCUT2D eigenvalue weighted by molar-refractivity contribution is 7.92. The lowest BCUT2D eigenvalue weighted by Crippen LogP contribution is -2.67. The van der Waals surface area contributed by atoms with Crippen molar-refractivity contribution in [3.8, 4) is 5.75 Å². The molecule has 2 aliphatic rings. The number of carbonyl (C=O) groups is 2. The van der Waals surface area contributed by atoms with Crippen LogP contribution < -0.4 is 8.73 Å². The number of nitrogens with zero attached hydrogens (tertiary/aromatic N) is 1. The van der Waals surface area contributed by atoms with Crippen LogP contribution in [0, 0.1) is 18.3 Å². The normalized spacial score (nSPS) is 20.9. The van der Waals surface area contributed by atoms with Gasteiger partial charge in [-0.05, 0) is 72.4 Å². The first-order valence-electron chi connectivity index (χ1n) is 14.8. The van der Waals surface area contributed by atoms with Gasteiger partial charge in [0.05, 0.1) is 24.8 Å². The zero-order valence-corrected chi connectivity index (χ0v) is 28.4. The first-order valence-corrected chi connectivity index (χ1v) is 19.1. The maximum absolute atomic E-state index is 14.3. The van der Waals surface area contributed by atoms with E-state index in [0.717, 1.165) is 11.1 Å². The molecule has 234 valence electrons. The van der Waals surface area contributed by atoms with Crippen molar-refractivity contribution in [2.75, 3.05) is 25.1 Å². The molecular weight excluding hydrogens is 595 g/mol. The minimum absolute atomic E-state index is 0.0611. The Hall–Kier alpha value is -3.63. The highest BCUT2D eigenvalue weighted by Crippen LogP contribution is 2.70. The van der Waals surface area contributed by atoms with E-state index in [1.165, 1.54) is 18.5 Å². The summed E-state index contributed by atoms with van der Waals surface area (Å²) < 4.78 is 47.3. The number of aryl methyl sites for hydroxylation is 1. The number of esters is 2. The summed E-state index contributed by atoms with van der Waals surface area (Å²) in [5.74, 6) is -2.70. The fraction of sp³-hybridized carbons (Fsp3) is 0.412. The number of hydrogen-bond donors (Lipinski definition) is 0. The fourth-order valence-electron chi connectivity index (χ4n) is 6.60. The number of methoxy groups -OCH3 is 2. The average molecular weight is 636 g/mol. The standard InChI is InChI=1S/C34H41NO7SSi/c1-22-14-17-25(18-15-22)43(38,39)35-21-27-29(23-12-10-9-11-13-23)34(31(36)40-5,32(37)41-6)30(27)26-20-24(16-19-28(26)35)42-44(7,8)33(2,3)4/h9-20,27,29-30H,21H2,1-8H3/t27-,29-,30-/m1/s1. The summed E-state index contributed by atoms with van der Waals surface area (Å²) in [6.07, 6.45) is 0. The van der Waals surface area contributed by atoms with Crippen molar-refractivity contribution >= 4 is 36.0 Å². The lowest BCUT2D eigenvalue weighted by atomic mass is 9.42. The van der Waals surface area contributed by atoms with Crippen LogP contribution in [0.5, 0.6) is 5.75 Å². The number of fused-ring (bicyclic) bond motifs is 3. The van der Waals surface area contributed by atoms with Crippen LogP contribution in [0.2, 0.25) is 18.1 Å². The van der Waals surface area contributed by atoms with Crippen molar-refractivity contribution in [2.45, 2.75) is 62.6 Å². The Kier molecular flexibility index (Phi) is 7.99. The Morgan fingerprint density at radius 1 is 0.886 bits per heavy atom. The zero-order valence-electron chi connectivity index (χ0n) is 26.6. The average Bonchev–Trinajstić information content (AvgIpc) is 2.96. The summed E-state index contributed by atoms with van der Waals surface area (Å²) in [5.41, 5.74) is 0.891. The maximum atomic E-state index is 14.3. The Morgan fingerprint density at radius 2 is 1.48 bits per heavy atom. The Labute approximate surface area is 261 Å². The summed E-state index contributed by atoms with van der Waals surface area (Å²) in [6, 6.07) is 21.3. The van der Waals surface area contributed by atoms with Crippen molar-refractivity contribution in [1.29, 1.82) is 0 Å². The van der Waals surface area contributed by atoms with Crippen molar-refractivity contribution in [3.63, 3.8) is 0 Å². The maximum Gasteiger partial charge on any atom is 0.324 e. The van der Waals surface area contributed by atoms with Crippen LogP contribution in [0.3, 0.4) is 0 Å². The molecule has 1 aliphatic heterocycles. The number of benzene rings is 3. The van der Waals surface area contributed by atoms with Crippen LogP contribution in [-0.4, -0.2) is 49.4 Å². The molecule has 0 bridgehead atoms. The van der Waals surface area contributed by atoms with E-state index < -0.39 is 53.4 Å². The van der Waals surface area contributed by atoms with Crippen LogP contribution in [0.4, 0.5) is 5.69 Å². The third-order valence-corrected chi connectivity index (χ3v) is 16.0. The van der Waals surface area contributed by atoms with Gasteiger partial charge in [0.15, 0.2) is 5.41 Å². The van der Waals surface area contributed by atoms with Gasteiger partial charge in [-0.2, -0.15) is 0 Å². The minimum Gasteiger partial charge on any atom is -0.543 e. The first-order chi connectivity index (χ1) is 20.6. The van der Waals surface area contributed by atoms with Crippen LogP contribution in [0.25, 0.3) is 0 Å². The monoisotopic (exact) mass is 635 g/mol. The van der Waals surface area contributed by atoms with Gasteiger partial charge in [-0.1, -0.05) is 68.8 Å². The van der Waals surface area contributed by atoms with Gasteiger partial charge in [-0.25, -0.2) is 8.42 Å². The van der Waals surface area contributed by atoms with Gasteiger partial charge in [0.2, 0.25) is 8.32 Å². The van der Waals surface area contributed by atoms with Crippen LogP contribution in [0.15, 0.2) is 77.7 Å².